The van der Waals surface area contributed by atoms with Gasteiger partial charge in [0.25, 0.3) is 10.0 Å². The molecule has 0 spiro atoms. The molecule has 3 heterocycles. The minimum Gasteiger partial charge on any atom is -0.437 e. The van der Waals surface area contributed by atoms with Crippen LogP contribution in [0.2, 0.25) is 5.02 Å². The van der Waals surface area contributed by atoms with Crippen LogP contribution in [0.4, 0.5) is 5.69 Å². The van der Waals surface area contributed by atoms with Crippen molar-refractivity contribution in [2.24, 2.45) is 0 Å². The molecule has 1 atom stereocenters. The third-order valence-corrected chi connectivity index (χ3v) is 9.17. The van der Waals surface area contributed by atoms with Crippen molar-refractivity contribution in [1.82, 2.24) is 15.3 Å². The summed E-state index contributed by atoms with van der Waals surface area (Å²) in [5, 5.41) is 4.52. The van der Waals surface area contributed by atoms with Crippen molar-refractivity contribution >= 4 is 64.5 Å². The first-order chi connectivity index (χ1) is 18.4. The maximum atomic E-state index is 12.9. The number of aromatic nitrogens is 2. The van der Waals surface area contributed by atoms with Crippen molar-refractivity contribution in [2.75, 3.05) is 11.3 Å². The average molecular weight is 656 g/mol. The van der Waals surface area contributed by atoms with Crippen molar-refractivity contribution < 1.29 is 13.2 Å². The molecule has 0 bridgehead atoms. The molecule has 6 rings (SSSR count). The van der Waals surface area contributed by atoms with E-state index < -0.39 is 10.0 Å². The lowest BCUT2D eigenvalue weighted by Gasteiger charge is -2.50. The summed E-state index contributed by atoms with van der Waals surface area (Å²) >= 11 is 6.19. The van der Waals surface area contributed by atoms with Crippen molar-refractivity contribution in [3.63, 3.8) is 0 Å². The number of pyridine rings is 2. The quantitative estimate of drug-likeness (QED) is 0.217. The molecule has 2 aliphatic rings. The zero-order valence-corrected chi connectivity index (χ0v) is 25.8. The van der Waals surface area contributed by atoms with E-state index in [4.69, 9.17) is 16.3 Å². The molecule has 0 amide bonds. The Morgan fingerprint density at radius 3 is 2.41 bits per heavy atom. The van der Waals surface area contributed by atoms with Crippen molar-refractivity contribution in [3.8, 4) is 11.6 Å². The van der Waals surface area contributed by atoms with Gasteiger partial charge >= 0.3 is 0 Å². The fraction of sp³-hybridized carbons (Fsp3) is 0.241. The minimum absolute atomic E-state index is 0. The Kier molecular flexibility index (Phi) is 10.9. The van der Waals surface area contributed by atoms with Gasteiger partial charge in [0.1, 0.15) is 16.3 Å². The molecule has 12 heteroatoms. The number of anilines is 1. The van der Waals surface area contributed by atoms with Gasteiger partial charge in [-0.15, -0.1) is 37.2 Å². The number of sulfonamides is 1. The summed E-state index contributed by atoms with van der Waals surface area (Å²) in [6, 6.07) is 20.8. The molecule has 1 saturated carbocycles. The highest BCUT2D eigenvalue weighted by Crippen LogP contribution is 2.54. The fourth-order valence-corrected chi connectivity index (χ4v) is 6.69. The molecular weight excluding hydrogens is 626 g/mol. The number of nitrogens with one attached hydrogen (secondary N) is 2. The number of fused-ring (bicyclic) bond motifs is 1. The van der Waals surface area contributed by atoms with Crippen LogP contribution in [0.5, 0.6) is 11.6 Å². The summed E-state index contributed by atoms with van der Waals surface area (Å²) in [6.07, 6.45) is 8.70. The maximum Gasteiger partial charge on any atom is 0.263 e. The van der Waals surface area contributed by atoms with Crippen LogP contribution in [-0.2, 0) is 21.9 Å². The predicted octanol–water partition coefficient (Wildman–Crippen LogP) is 7.30. The van der Waals surface area contributed by atoms with Crippen molar-refractivity contribution in [3.05, 3.63) is 107 Å². The molecule has 2 aromatic carbocycles. The molecular formula is C29H30Cl4N4O3S. The molecule has 1 aliphatic carbocycles. The van der Waals surface area contributed by atoms with Gasteiger partial charge in [-0.3, -0.25) is 9.71 Å². The Balaban J connectivity index is 0.00000154. The molecule has 2 N–H and O–H groups in total. The number of hydrogen-bond acceptors (Lipinski definition) is 6. The lowest BCUT2D eigenvalue weighted by molar-refractivity contribution is 0.164. The van der Waals surface area contributed by atoms with Gasteiger partial charge in [-0.25, -0.2) is 13.4 Å². The summed E-state index contributed by atoms with van der Waals surface area (Å²) in [5.74, 6) is 0.778. The monoisotopic (exact) mass is 654 g/mol. The minimum atomic E-state index is -3.85. The number of nitrogens with zero attached hydrogens (tertiary/aromatic N) is 2. The summed E-state index contributed by atoms with van der Waals surface area (Å²) in [6.45, 7) is 0.910. The van der Waals surface area contributed by atoms with Crippen LogP contribution in [0.15, 0.2) is 90.2 Å². The summed E-state index contributed by atoms with van der Waals surface area (Å²) in [4.78, 5) is 8.29. The maximum absolute atomic E-state index is 12.9. The number of rotatable bonds is 7. The van der Waals surface area contributed by atoms with Crippen LogP contribution in [0.3, 0.4) is 0 Å². The molecule has 0 radical (unpaired) electrons. The third kappa shape index (κ3) is 6.58. The van der Waals surface area contributed by atoms with Gasteiger partial charge < -0.3 is 10.1 Å². The van der Waals surface area contributed by atoms with E-state index in [1.165, 1.54) is 41.6 Å². The molecule has 1 unspecified atom stereocenters. The molecule has 218 valence electrons. The number of hydrogen-bond donors (Lipinski definition) is 2. The Morgan fingerprint density at radius 1 is 0.976 bits per heavy atom. The highest BCUT2D eigenvalue weighted by Gasteiger charge is 2.47. The predicted molar refractivity (Wildman–Crippen MR) is 169 cm³/mol. The first-order valence-corrected chi connectivity index (χ1v) is 14.5. The van der Waals surface area contributed by atoms with E-state index in [0.29, 0.717) is 5.75 Å². The van der Waals surface area contributed by atoms with Crippen LogP contribution in [0, 0.1) is 0 Å². The average Bonchev–Trinajstić information content (AvgIpc) is 2.91. The zero-order valence-electron chi connectivity index (χ0n) is 21.8. The Labute approximate surface area is 263 Å². The van der Waals surface area contributed by atoms with Gasteiger partial charge in [0.15, 0.2) is 0 Å². The topological polar surface area (TPSA) is 93.2 Å². The van der Waals surface area contributed by atoms with E-state index in [1.807, 2.05) is 18.2 Å². The molecule has 7 nitrogen and oxygen atoms in total. The largest absolute Gasteiger partial charge is 0.437 e. The van der Waals surface area contributed by atoms with Crippen LogP contribution >= 0.6 is 48.8 Å². The van der Waals surface area contributed by atoms with Gasteiger partial charge in [0.2, 0.25) is 5.88 Å². The molecule has 1 fully saturated rings. The number of benzene rings is 2. The van der Waals surface area contributed by atoms with Crippen LogP contribution in [0.1, 0.15) is 42.0 Å². The smallest absolute Gasteiger partial charge is 0.263 e. The van der Waals surface area contributed by atoms with Crippen molar-refractivity contribution in [2.45, 2.75) is 42.0 Å². The SMILES string of the molecule is Cl.Cl.Cl.O=S(=O)(Nc1cccnc1Oc1ccc2c(c1)C(C1(c3ccc(Cl)cc3)CCC1)NCC2)c1cccnc1. The van der Waals surface area contributed by atoms with Gasteiger partial charge in [-0.05, 0) is 91.0 Å². The second kappa shape index (κ2) is 13.6. The Morgan fingerprint density at radius 2 is 1.73 bits per heavy atom. The highest BCUT2D eigenvalue weighted by atomic mass is 35.5. The molecule has 0 saturated heterocycles. The normalized spacial score (nSPS) is 16.9. The summed E-state index contributed by atoms with van der Waals surface area (Å²) < 4.78 is 34.6. The van der Waals surface area contributed by atoms with E-state index in [2.05, 4.69) is 44.3 Å². The third-order valence-electron chi connectivity index (χ3n) is 7.56. The van der Waals surface area contributed by atoms with E-state index in [0.717, 1.165) is 30.8 Å². The lowest BCUT2D eigenvalue weighted by atomic mass is 9.58. The summed E-state index contributed by atoms with van der Waals surface area (Å²) in [7, 11) is -3.85. The molecule has 41 heavy (non-hydrogen) atoms. The van der Waals surface area contributed by atoms with E-state index in [9.17, 15) is 8.42 Å². The molecule has 4 aromatic rings. The Bertz CT molecular complexity index is 1570. The van der Waals surface area contributed by atoms with Crippen LogP contribution < -0.4 is 14.8 Å². The van der Waals surface area contributed by atoms with E-state index in [1.54, 1.807) is 24.4 Å². The fourth-order valence-electron chi connectivity index (χ4n) is 5.54. The number of halogens is 4. The Hall–Kier alpha value is -2.59. The standard InChI is InChI=1S/C29H27ClN4O3S.3ClH/c30-22-9-7-21(8-10-22)29(13-3-14-29)27-25-18-23(11-6-20(25)12-17-32-27)37-28-26(5-2-16-33-28)34-38(35,36)24-4-1-15-31-19-24;;;/h1-2,4-11,15-16,18-19,27,32,34H,3,12-14,17H2;3*1H. The van der Waals surface area contributed by atoms with Crippen LogP contribution in [0.25, 0.3) is 0 Å². The molecule has 2 aromatic heterocycles. The van der Waals surface area contributed by atoms with Gasteiger partial charge in [-0.1, -0.05) is 36.2 Å². The van der Waals surface area contributed by atoms with E-state index in [-0.39, 0.29) is 65.1 Å². The van der Waals surface area contributed by atoms with Crippen LogP contribution in [-0.4, -0.2) is 24.9 Å². The van der Waals surface area contributed by atoms with Crippen molar-refractivity contribution in [1.29, 1.82) is 0 Å². The van der Waals surface area contributed by atoms with Gasteiger partial charge in [-0.2, -0.15) is 0 Å². The lowest BCUT2D eigenvalue weighted by Crippen LogP contribution is -2.49. The number of ether oxygens (including phenoxy) is 1. The second-order valence-electron chi connectivity index (χ2n) is 9.77. The highest BCUT2D eigenvalue weighted by molar-refractivity contribution is 7.92. The van der Waals surface area contributed by atoms with E-state index >= 15 is 0 Å². The first kappa shape index (κ1) is 32.9. The van der Waals surface area contributed by atoms with Gasteiger partial charge in [0, 0.05) is 35.1 Å². The zero-order chi connectivity index (χ0) is 26.2. The molecule has 1 aliphatic heterocycles. The second-order valence-corrected chi connectivity index (χ2v) is 11.9. The first-order valence-electron chi connectivity index (χ1n) is 12.6. The van der Waals surface area contributed by atoms with Gasteiger partial charge in [0.05, 0.1) is 0 Å². The summed E-state index contributed by atoms with van der Waals surface area (Å²) in [5.41, 5.74) is 4.03.